The maximum absolute atomic E-state index is 13.0. The second kappa shape index (κ2) is 14.5. The Kier molecular flexibility index (Phi) is 9.83. The first-order valence-corrected chi connectivity index (χ1v) is 15.3. The number of hydrogen-bond acceptors (Lipinski definition) is 11. The fourth-order valence-electron chi connectivity index (χ4n) is 5.41. The highest BCUT2D eigenvalue weighted by Crippen LogP contribution is 2.37. The molecule has 1 aromatic carbocycles. The summed E-state index contributed by atoms with van der Waals surface area (Å²) in [6, 6.07) is 12.8. The number of methoxy groups -OCH3 is 1. The van der Waals surface area contributed by atoms with Crippen LogP contribution in [0.3, 0.4) is 0 Å². The molecule has 0 atom stereocenters. The molecule has 5 heterocycles. The van der Waals surface area contributed by atoms with Crippen LogP contribution in [0, 0.1) is 0 Å². The van der Waals surface area contributed by atoms with Gasteiger partial charge in [-0.15, -0.1) is 0 Å². The van der Waals surface area contributed by atoms with Crippen LogP contribution in [0.15, 0.2) is 61.1 Å². The van der Waals surface area contributed by atoms with Crippen molar-refractivity contribution in [1.29, 1.82) is 0 Å². The van der Waals surface area contributed by atoms with E-state index >= 15 is 0 Å². The Morgan fingerprint density at radius 1 is 0.911 bits per heavy atom. The number of nitrogens with one attached hydrogen (secondary N) is 1. The van der Waals surface area contributed by atoms with Gasteiger partial charge in [-0.25, -0.2) is 4.98 Å². The van der Waals surface area contributed by atoms with Crippen LogP contribution in [-0.4, -0.2) is 110 Å². The summed E-state index contributed by atoms with van der Waals surface area (Å²) in [7, 11) is 3.73. The number of pyridine rings is 3. The van der Waals surface area contributed by atoms with Gasteiger partial charge in [0.1, 0.15) is 23.0 Å². The van der Waals surface area contributed by atoms with Crippen LogP contribution >= 0.6 is 0 Å². The molecule has 236 valence electrons. The molecule has 0 radical (unpaired) electrons. The Balaban J connectivity index is 1.08. The molecule has 0 aliphatic carbocycles. The topological polar surface area (TPSA) is 114 Å². The number of nitrogens with zero attached hydrogens (tertiary/aromatic N) is 6. The number of benzene rings is 1. The molecule has 0 unspecified atom stereocenters. The number of carbonyl (C=O) groups excluding carboxylic acids is 1. The summed E-state index contributed by atoms with van der Waals surface area (Å²) >= 11 is 0. The Labute approximate surface area is 262 Å². The summed E-state index contributed by atoms with van der Waals surface area (Å²) in [6.07, 6.45) is 5.83. The molecule has 1 N–H and O–H groups in total. The van der Waals surface area contributed by atoms with Crippen LogP contribution in [0.2, 0.25) is 0 Å². The molecule has 4 aromatic rings. The standard InChI is InChI=1S/C33H39N7O5/c1-38-11-13-40(14-12-38)24-6-8-35-28(20-24)33(41)37-32-5-4-25(23-36-32)45-29-7-9-34-27-22-31(30(42-2)21-26(27)29)44-17-3-10-39-15-18-43-19-16-39/h4-9,20-23H,3,10-19H2,1-2H3,(H,36,37,41). The van der Waals surface area contributed by atoms with Crippen LogP contribution < -0.4 is 24.4 Å². The summed E-state index contributed by atoms with van der Waals surface area (Å²) < 4.78 is 23.3. The van der Waals surface area contributed by atoms with E-state index in [0.717, 1.165) is 82.0 Å². The molecule has 6 rings (SSSR count). The zero-order valence-corrected chi connectivity index (χ0v) is 25.8. The minimum Gasteiger partial charge on any atom is -0.493 e. The number of morpholine rings is 1. The molecular formula is C33H39N7O5. The molecule has 2 aliphatic heterocycles. The van der Waals surface area contributed by atoms with Crippen molar-refractivity contribution in [2.45, 2.75) is 6.42 Å². The smallest absolute Gasteiger partial charge is 0.275 e. The third-order valence-corrected chi connectivity index (χ3v) is 8.02. The number of aromatic nitrogens is 3. The highest BCUT2D eigenvalue weighted by Gasteiger charge is 2.17. The van der Waals surface area contributed by atoms with Crippen LogP contribution in [0.4, 0.5) is 11.5 Å². The highest BCUT2D eigenvalue weighted by molar-refractivity contribution is 6.02. The van der Waals surface area contributed by atoms with E-state index in [1.54, 1.807) is 43.9 Å². The Morgan fingerprint density at radius 2 is 1.73 bits per heavy atom. The quantitative estimate of drug-likeness (QED) is 0.248. The molecule has 12 heteroatoms. The third-order valence-electron chi connectivity index (χ3n) is 8.02. The number of carbonyl (C=O) groups is 1. The largest absolute Gasteiger partial charge is 0.493 e. The summed E-state index contributed by atoms with van der Waals surface area (Å²) in [5, 5.41) is 3.61. The molecule has 3 aromatic heterocycles. The summed E-state index contributed by atoms with van der Waals surface area (Å²) in [5.41, 5.74) is 2.05. The average Bonchev–Trinajstić information content (AvgIpc) is 3.08. The zero-order valence-electron chi connectivity index (χ0n) is 25.8. The van der Waals surface area contributed by atoms with Gasteiger partial charge in [-0.05, 0) is 49.9 Å². The molecule has 1 amide bonds. The molecule has 2 aliphatic rings. The van der Waals surface area contributed by atoms with Crippen molar-refractivity contribution in [1.82, 2.24) is 24.8 Å². The fraction of sp³-hybridized carbons (Fsp3) is 0.394. The molecule has 0 saturated carbocycles. The van der Waals surface area contributed by atoms with Gasteiger partial charge >= 0.3 is 0 Å². The molecule has 0 bridgehead atoms. The Morgan fingerprint density at radius 3 is 2.51 bits per heavy atom. The van der Waals surface area contributed by atoms with Gasteiger partial charge < -0.3 is 34.1 Å². The van der Waals surface area contributed by atoms with Gasteiger partial charge in [0.2, 0.25) is 0 Å². The average molecular weight is 614 g/mol. The van der Waals surface area contributed by atoms with E-state index < -0.39 is 0 Å². The molecule has 45 heavy (non-hydrogen) atoms. The van der Waals surface area contributed by atoms with E-state index in [0.29, 0.717) is 41.1 Å². The minimum atomic E-state index is -0.321. The lowest BCUT2D eigenvalue weighted by atomic mass is 10.2. The van der Waals surface area contributed by atoms with Gasteiger partial charge in [0.15, 0.2) is 11.5 Å². The second-order valence-electron chi connectivity index (χ2n) is 11.1. The first-order valence-electron chi connectivity index (χ1n) is 15.3. The van der Waals surface area contributed by atoms with E-state index in [9.17, 15) is 4.79 Å². The number of amides is 1. The van der Waals surface area contributed by atoms with E-state index in [4.69, 9.17) is 18.9 Å². The predicted octanol–water partition coefficient (Wildman–Crippen LogP) is 3.93. The third kappa shape index (κ3) is 7.77. The number of fused-ring (bicyclic) bond motifs is 1. The lowest BCUT2D eigenvalue weighted by molar-refractivity contribution is 0.0357. The van der Waals surface area contributed by atoms with E-state index in [2.05, 4.69) is 42.0 Å². The van der Waals surface area contributed by atoms with Gasteiger partial charge in [0.25, 0.3) is 5.91 Å². The van der Waals surface area contributed by atoms with Crippen molar-refractivity contribution in [3.05, 3.63) is 66.7 Å². The number of hydrogen-bond donors (Lipinski definition) is 1. The van der Waals surface area contributed by atoms with Crippen molar-refractivity contribution in [2.24, 2.45) is 0 Å². The van der Waals surface area contributed by atoms with Crippen LogP contribution in [0.25, 0.3) is 10.9 Å². The van der Waals surface area contributed by atoms with Crippen molar-refractivity contribution >= 4 is 28.3 Å². The van der Waals surface area contributed by atoms with Gasteiger partial charge in [0.05, 0.1) is 38.6 Å². The van der Waals surface area contributed by atoms with Crippen LogP contribution in [0.1, 0.15) is 16.9 Å². The van der Waals surface area contributed by atoms with Gasteiger partial charge in [-0.2, -0.15) is 0 Å². The second-order valence-corrected chi connectivity index (χ2v) is 11.1. The van der Waals surface area contributed by atoms with E-state index in [-0.39, 0.29) is 5.91 Å². The normalized spacial score (nSPS) is 16.0. The van der Waals surface area contributed by atoms with E-state index in [1.807, 2.05) is 24.3 Å². The molecular weight excluding hydrogens is 574 g/mol. The van der Waals surface area contributed by atoms with Crippen molar-refractivity contribution < 1.29 is 23.7 Å². The lowest BCUT2D eigenvalue weighted by Gasteiger charge is -2.34. The highest BCUT2D eigenvalue weighted by atomic mass is 16.5. The molecule has 2 saturated heterocycles. The number of anilines is 2. The van der Waals surface area contributed by atoms with Crippen LogP contribution in [-0.2, 0) is 4.74 Å². The number of rotatable bonds is 11. The predicted molar refractivity (Wildman–Crippen MR) is 172 cm³/mol. The summed E-state index contributed by atoms with van der Waals surface area (Å²) in [4.78, 5) is 33.1. The fourth-order valence-corrected chi connectivity index (χ4v) is 5.41. The first kappa shape index (κ1) is 30.5. The summed E-state index contributed by atoms with van der Waals surface area (Å²) in [5.74, 6) is 2.43. The molecule has 12 nitrogen and oxygen atoms in total. The van der Waals surface area contributed by atoms with Crippen molar-refractivity contribution in [2.75, 3.05) is 90.0 Å². The number of ether oxygens (including phenoxy) is 4. The lowest BCUT2D eigenvalue weighted by Crippen LogP contribution is -2.44. The van der Waals surface area contributed by atoms with Crippen molar-refractivity contribution in [3.8, 4) is 23.0 Å². The maximum atomic E-state index is 13.0. The van der Waals surface area contributed by atoms with Gasteiger partial charge in [0, 0.05) is 75.3 Å². The maximum Gasteiger partial charge on any atom is 0.275 e. The number of likely N-dealkylation sites (N-methyl/N-ethyl adjacent to an activating group) is 1. The Bertz CT molecular complexity index is 1590. The Hall–Kier alpha value is -4.52. The number of piperazine rings is 1. The first-order chi connectivity index (χ1) is 22.1. The molecule has 0 spiro atoms. The molecule has 2 fully saturated rings. The van der Waals surface area contributed by atoms with Crippen LogP contribution in [0.5, 0.6) is 23.0 Å². The van der Waals surface area contributed by atoms with E-state index in [1.165, 1.54) is 0 Å². The zero-order chi connectivity index (χ0) is 31.0. The minimum absolute atomic E-state index is 0.321. The van der Waals surface area contributed by atoms with Crippen molar-refractivity contribution in [3.63, 3.8) is 0 Å². The monoisotopic (exact) mass is 613 g/mol. The van der Waals surface area contributed by atoms with Gasteiger partial charge in [-0.3, -0.25) is 19.7 Å². The summed E-state index contributed by atoms with van der Waals surface area (Å²) in [6.45, 7) is 8.82. The SMILES string of the molecule is COc1cc2c(Oc3ccc(NC(=O)c4cc(N5CCN(C)CC5)ccn4)nc3)ccnc2cc1OCCCN1CCOCC1. The van der Waals surface area contributed by atoms with Gasteiger partial charge in [-0.1, -0.05) is 0 Å².